The zero-order chi connectivity index (χ0) is 17.2. The third-order valence-corrected chi connectivity index (χ3v) is 4.00. The Bertz CT molecular complexity index is 919. The molecule has 25 heavy (non-hydrogen) atoms. The van der Waals surface area contributed by atoms with Crippen LogP contribution in [0.4, 0.5) is 23.0 Å². The average molecular weight is 324 g/mol. The molecular weight excluding hydrogens is 312 g/mol. The molecule has 2 aromatic carbocycles. The molecule has 118 valence electrons. The quantitative estimate of drug-likeness (QED) is 0.718. The fraction of sp³-hybridized carbons (Fsp3) is 0.0526. The second-order valence-corrected chi connectivity index (χ2v) is 5.46. The fourth-order valence-electron chi connectivity index (χ4n) is 2.83. The van der Waals surface area contributed by atoms with Crippen LogP contribution < -0.4 is 9.80 Å². The predicted octanol–water partition coefficient (Wildman–Crippen LogP) is 3.47. The summed E-state index contributed by atoms with van der Waals surface area (Å²) in [6.45, 7) is 0.503. The van der Waals surface area contributed by atoms with Crippen molar-refractivity contribution in [2.75, 3.05) is 16.5 Å². The molecule has 0 spiro atoms. The number of anilines is 4. The minimum atomic E-state index is 0.0390. The van der Waals surface area contributed by atoms with Crippen LogP contribution in [0.3, 0.4) is 0 Å². The van der Waals surface area contributed by atoms with E-state index < -0.39 is 0 Å². The Morgan fingerprint density at radius 2 is 1.08 bits per heavy atom. The number of benzene rings is 2. The first-order valence-electron chi connectivity index (χ1n) is 7.69. The number of rotatable bonds is 2. The minimum Gasteiger partial charge on any atom is -0.305 e. The summed E-state index contributed by atoms with van der Waals surface area (Å²) in [4.78, 5) is 12.8. The highest BCUT2D eigenvalue weighted by Crippen LogP contribution is 2.41. The lowest BCUT2D eigenvalue weighted by Gasteiger charge is -2.20. The van der Waals surface area contributed by atoms with E-state index >= 15 is 0 Å². The van der Waals surface area contributed by atoms with Crippen molar-refractivity contribution in [2.45, 2.75) is 0 Å². The monoisotopic (exact) mass is 324 g/mol. The Morgan fingerprint density at radius 3 is 1.44 bits per heavy atom. The molecule has 0 saturated heterocycles. The van der Waals surface area contributed by atoms with Crippen LogP contribution in [0, 0.1) is 22.7 Å². The molecule has 1 aliphatic heterocycles. The zero-order valence-electron chi connectivity index (χ0n) is 13.2. The van der Waals surface area contributed by atoms with E-state index in [2.05, 4.69) is 9.97 Å². The molecule has 0 aliphatic carbocycles. The van der Waals surface area contributed by atoms with Crippen LogP contribution in [-0.2, 0) is 0 Å². The van der Waals surface area contributed by atoms with E-state index in [9.17, 15) is 10.5 Å². The molecule has 0 radical (unpaired) electrons. The molecule has 0 atom stereocenters. The van der Waals surface area contributed by atoms with Crippen molar-refractivity contribution in [3.63, 3.8) is 0 Å². The number of para-hydroxylation sites is 2. The molecule has 3 aromatic rings. The topological polar surface area (TPSA) is 79.8 Å². The highest BCUT2D eigenvalue weighted by atomic mass is 15.4. The van der Waals surface area contributed by atoms with Crippen molar-refractivity contribution in [1.29, 1.82) is 10.5 Å². The largest absolute Gasteiger partial charge is 0.305 e. The average Bonchev–Trinajstić information content (AvgIpc) is 3.06. The number of hydrogen-bond acceptors (Lipinski definition) is 6. The third-order valence-electron chi connectivity index (χ3n) is 4.00. The van der Waals surface area contributed by atoms with Crippen LogP contribution in [0.25, 0.3) is 0 Å². The van der Waals surface area contributed by atoms with Gasteiger partial charge in [0.15, 0.2) is 23.0 Å². The van der Waals surface area contributed by atoms with Gasteiger partial charge in [0.25, 0.3) is 0 Å². The second kappa shape index (κ2) is 5.95. The summed E-state index contributed by atoms with van der Waals surface area (Å²) in [5.41, 5.74) is 1.98. The molecule has 2 heterocycles. The van der Waals surface area contributed by atoms with Gasteiger partial charge in [0.05, 0.1) is 0 Å². The highest BCUT2D eigenvalue weighted by molar-refractivity contribution is 5.82. The lowest BCUT2D eigenvalue weighted by atomic mass is 10.3. The lowest BCUT2D eigenvalue weighted by Crippen LogP contribution is -2.24. The SMILES string of the molecule is N#Cc1nc2c(nc1C#N)N(c1ccccc1)CN2c1ccccc1. The summed E-state index contributed by atoms with van der Waals surface area (Å²) in [6, 6.07) is 23.5. The van der Waals surface area contributed by atoms with Gasteiger partial charge in [0, 0.05) is 11.4 Å². The number of fused-ring (bicyclic) bond motifs is 1. The molecular formula is C19H12N6. The molecule has 6 nitrogen and oxygen atoms in total. The summed E-state index contributed by atoms with van der Waals surface area (Å²) in [6.07, 6.45) is 0. The molecule has 0 bridgehead atoms. The Hall–Kier alpha value is -3.90. The normalized spacial score (nSPS) is 12.4. The smallest absolute Gasteiger partial charge is 0.179 e. The number of nitriles is 2. The molecule has 4 rings (SSSR count). The van der Waals surface area contributed by atoms with Crippen molar-refractivity contribution < 1.29 is 0 Å². The van der Waals surface area contributed by atoms with Gasteiger partial charge < -0.3 is 9.80 Å². The lowest BCUT2D eigenvalue weighted by molar-refractivity contribution is 0.975. The van der Waals surface area contributed by atoms with Crippen LogP contribution in [0.2, 0.25) is 0 Å². The van der Waals surface area contributed by atoms with Gasteiger partial charge in [-0.15, -0.1) is 0 Å². The van der Waals surface area contributed by atoms with Crippen LogP contribution in [0.15, 0.2) is 60.7 Å². The molecule has 0 saturated carbocycles. The molecule has 6 heteroatoms. The van der Waals surface area contributed by atoms with E-state index in [-0.39, 0.29) is 11.4 Å². The van der Waals surface area contributed by atoms with Crippen molar-refractivity contribution in [3.8, 4) is 12.1 Å². The van der Waals surface area contributed by atoms with Crippen LogP contribution >= 0.6 is 0 Å². The van der Waals surface area contributed by atoms with E-state index in [1.54, 1.807) is 0 Å². The fourth-order valence-corrected chi connectivity index (χ4v) is 2.83. The van der Waals surface area contributed by atoms with Crippen molar-refractivity contribution >= 4 is 23.0 Å². The summed E-state index contributed by atoms with van der Waals surface area (Å²) in [7, 11) is 0. The van der Waals surface area contributed by atoms with E-state index in [1.165, 1.54) is 0 Å². The summed E-state index contributed by atoms with van der Waals surface area (Å²) in [5.74, 6) is 1.15. The predicted molar refractivity (Wildman–Crippen MR) is 93.5 cm³/mol. The molecule has 0 amide bonds. The number of nitrogens with zero attached hydrogens (tertiary/aromatic N) is 6. The van der Waals surface area contributed by atoms with Gasteiger partial charge in [-0.2, -0.15) is 10.5 Å². The van der Waals surface area contributed by atoms with Crippen molar-refractivity contribution in [1.82, 2.24) is 9.97 Å². The summed E-state index contributed by atoms with van der Waals surface area (Å²) < 4.78 is 0. The van der Waals surface area contributed by atoms with E-state index in [1.807, 2.05) is 82.6 Å². The number of aromatic nitrogens is 2. The third kappa shape index (κ3) is 2.43. The maximum Gasteiger partial charge on any atom is 0.179 e. The second-order valence-electron chi connectivity index (χ2n) is 5.46. The van der Waals surface area contributed by atoms with E-state index in [0.29, 0.717) is 18.3 Å². The first-order chi connectivity index (χ1) is 12.3. The van der Waals surface area contributed by atoms with Gasteiger partial charge in [0.1, 0.15) is 18.8 Å². The van der Waals surface area contributed by atoms with Gasteiger partial charge in [-0.1, -0.05) is 36.4 Å². The maximum absolute atomic E-state index is 9.28. The summed E-state index contributed by atoms with van der Waals surface area (Å²) in [5, 5.41) is 18.6. The molecule has 0 N–H and O–H groups in total. The highest BCUT2D eigenvalue weighted by Gasteiger charge is 2.32. The molecule has 0 unspecified atom stereocenters. The van der Waals surface area contributed by atoms with Gasteiger partial charge >= 0.3 is 0 Å². The standard InChI is InChI=1S/C19H12N6/c20-11-16-17(12-21)23-19-18(22-16)24(14-7-3-1-4-8-14)13-25(19)15-9-5-2-6-10-15/h1-10H,13H2. The molecule has 1 aliphatic rings. The minimum absolute atomic E-state index is 0.0390. The zero-order valence-corrected chi connectivity index (χ0v) is 13.2. The van der Waals surface area contributed by atoms with Crippen LogP contribution in [-0.4, -0.2) is 16.6 Å². The Balaban J connectivity index is 1.91. The van der Waals surface area contributed by atoms with Gasteiger partial charge in [-0.3, -0.25) is 0 Å². The van der Waals surface area contributed by atoms with E-state index in [4.69, 9.17) is 0 Å². The van der Waals surface area contributed by atoms with Crippen molar-refractivity contribution in [3.05, 3.63) is 72.1 Å². The van der Waals surface area contributed by atoms with Gasteiger partial charge in [-0.25, -0.2) is 9.97 Å². The Morgan fingerprint density at radius 1 is 0.680 bits per heavy atom. The molecule has 0 fully saturated rings. The summed E-state index contributed by atoms with van der Waals surface area (Å²) >= 11 is 0. The van der Waals surface area contributed by atoms with Crippen LogP contribution in [0.1, 0.15) is 11.4 Å². The van der Waals surface area contributed by atoms with E-state index in [0.717, 1.165) is 11.4 Å². The molecule has 1 aromatic heterocycles. The van der Waals surface area contributed by atoms with Crippen molar-refractivity contribution in [2.24, 2.45) is 0 Å². The Labute approximate surface area is 144 Å². The first-order valence-corrected chi connectivity index (χ1v) is 7.69. The Kier molecular flexibility index (Phi) is 3.49. The van der Waals surface area contributed by atoms with Gasteiger partial charge in [-0.05, 0) is 24.3 Å². The van der Waals surface area contributed by atoms with Crippen LogP contribution in [0.5, 0.6) is 0 Å². The first kappa shape index (κ1) is 14.7. The van der Waals surface area contributed by atoms with Gasteiger partial charge in [0.2, 0.25) is 0 Å². The maximum atomic E-state index is 9.28. The number of hydrogen-bond donors (Lipinski definition) is 0.